The first-order valence-electron chi connectivity index (χ1n) is 10.6. The molecule has 0 saturated carbocycles. The predicted octanol–water partition coefficient (Wildman–Crippen LogP) is 2.23. The molecule has 3 aromatic rings. The molecule has 11 heteroatoms. The van der Waals surface area contributed by atoms with Crippen molar-refractivity contribution in [3.05, 3.63) is 54.0 Å². The van der Waals surface area contributed by atoms with Crippen molar-refractivity contribution >= 4 is 33.2 Å². The zero-order valence-corrected chi connectivity index (χ0v) is 19.1. The Bertz CT molecular complexity index is 1300. The van der Waals surface area contributed by atoms with Gasteiger partial charge in [-0.2, -0.15) is 0 Å². The second-order valence-corrected chi connectivity index (χ2v) is 9.99. The molecule has 1 saturated heterocycles. The lowest BCUT2D eigenvalue weighted by molar-refractivity contribution is -0.125. The van der Waals surface area contributed by atoms with E-state index >= 15 is 0 Å². The molecule has 33 heavy (non-hydrogen) atoms. The van der Waals surface area contributed by atoms with Crippen molar-refractivity contribution in [1.29, 1.82) is 0 Å². The lowest BCUT2D eigenvalue weighted by Gasteiger charge is -2.15. The largest absolute Gasteiger partial charge is 0.465 e. The molecule has 0 unspecified atom stereocenters. The fourth-order valence-corrected chi connectivity index (χ4v) is 5.37. The summed E-state index contributed by atoms with van der Waals surface area (Å²) in [5, 5.41) is 12.0. The summed E-state index contributed by atoms with van der Waals surface area (Å²) in [6.07, 6.45) is 2.52. The van der Waals surface area contributed by atoms with Crippen LogP contribution in [0.2, 0.25) is 0 Å². The molecule has 0 bridgehead atoms. The molecule has 2 amide bonds. The Morgan fingerprint density at radius 1 is 1.18 bits per heavy atom. The van der Waals surface area contributed by atoms with Gasteiger partial charge in [0, 0.05) is 19.3 Å². The number of fused-ring (bicyclic) bond motifs is 1. The van der Waals surface area contributed by atoms with Crippen molar-refractivity contribution in [3.8, 4) is 0 Å². The number of benzene rings is 1. The maximum absolute atomic E-state index is 13.0. The first-order valence-corrected chi connectivity index (χ1v) is 12.1. The summed E-state index contributed by atoms with van der Waals surface area (Å²) in [6, 6.07) is 8.12. The van der Waals surface area contributed by atoms with Crippen LogP contribution in [0.25, 0.3) is 11.2 Å². The quantitative estimate of drug-likeness (QED) is 0.563. The molecule has 2 atom stereocenters. The Labute approximate surface area is 191 Å². The Morgan fingerprint density at radius 2 is 1.91 bits per heavy atom. The van der Waals surface area contributed by atoms with Crippen LogP contribution >= 0.6 is 0 Å². The van der Waals surface area contributed by atoms with Gasteiger partial charge in [0.05, 0.1) is 29.2 Å². The number of hydrogen-bond donors (Lipinski definition) is 2. The van der Waals surface area contributed by atoms with Crippen LogP contribution in [0, 0.1) is 18.8 Å². The average Bonchev–Trinajstić information content (AvgIpc) is 3.42. The number of amides is 2. The lowest BCUT2D eigenvalue weighted by atomic mass is 9.93. The van der Waals surface area contributed by atoms with Gasteiger partial charge in [0.2, 0.25) is 5.91 Å². The van der Waals surface area contributed by atoms with Gasteiger partial charge >= 0.3 is 6.09 Å². The monoisotopic (exact) mass is 471 g/mol. The summed E-state index contributed by atoms with van der Waals surface area (Å²) in [6.45, 7) is 4.44. The second-order valence-electron chi connectivity index (χ2n) is 8.18. The fraction of sp³-hybridized carbons (Fsp3) is 0.364. The number of rotatable bonds is 6. The number of carboxylic acid groups (broad SMARTS) is 1. The molecule has 3 heterocycles. The molecule has 174 valence electrons. The molecule has 2 N–H and O–H groups in total. The number of nitrogens with one attached hydrogen (secondary N) is 1. The van der Waals surface area contributed by atoms with E-state index in [9.17, 15) is 23.1 Å². The van der Waals surface area contributed by atoms with Gasteiger partial charge in [-0.05, 0) is 31.0 Å². The van der Waals surface area contributed by atoms with Gasteiger partial charge in [0.25, 0.3) is 10.0 Å². The highest BCUT2D eigenvalue weighted by Gasteiger charge is 2.38. The highest BCUT2D eigenvalue weighted by molar-refractivity contribution is 7.90. The van der Waals surface area contributed by atoms with E-state index in [1.807, 2.05) is 13.8 Å². The molecule has 1 fully saturated rings. The number of carbonyl (C=O) groups excluding carboxylic acids is 1. The fourth-order valence-electron chi connectivity index (χ4n) is 4.08. The Balaban J connectivity index is 1.49. The topological polar surface area (TPSA) is 134 Å². The van der Waals surface area contributed by atoms with Crippen LogP contribution in [0.4, 0.5) is 4.79 Å². The number of likely N-dealkylation sites (tertiary alicyclic amines) is 1. The molecule has 0 aliphatic carbocycles. The van der Waals surface area contributed by atoms with Gasteiger partial charge in [0.15, 0.2) is 5.65 Å². The molecule has 4 rings (SSSR count). The van der Waals surface area contributed by atoms with E-state index in [1.54, 1.807) is 30.3 Å². The standard InChI is InChI=1S/C22H25N5O5S/c1-3-15-12-26(22(29)30)13-18(15)21(28)24-11-16-10-23-20-19(25-16)8-9-27(20)33(31,32)17-6-4-14(2)5-7-17/h4-10,15,18H,3,11-13H2,1-2H3,(H,24,28)(H,29,30)/t15-,18+/m1/s1. The summed E-state index contributed by atoms with van der Waals surface area (Å²) in [5.74, 6) is -0.675. The molecular formula is C22H25N5O5S. The highest BCUT2D eigenvalue weighted by Crippen LogP contribution is 2.26. The van der Waals surface area contributed by atoms with Crippen LogP contribution in [0.1, 0.15) is 24.6 Å². The number of carbonyl (C=O) groups is 2. The summed E-state index contributed by atoms with van der Waals surface area (Å²) < 4.78 is 27.1. The molecule has 0 spiro atoms. The van der Waals surface area contributed by atoms with E-state index in [0.29, 0.717) is 24.2 Å². The van der Waals surface area contributed by atoms with E-state index in [-0.39, 0.29) is 35.5 Å². The first-order chi connectivity index (χ1) is 15.7. The normalized spacial score (nSPS) is 18.5. The molecule has 1 aliphatic heterocycles. The van der Waals surface area contributed by atoms with Crippen LogP contribution in [0.3, 0.4) is 0 Å². The Kier molecular flexibility index (Phi) is 6.07. The lowest BCUT2D eigenvalue weighted by Crippen LogP contribution is -2.35. The van der Waals surface area contributed by atoms with E-state index in [4.69, 9.17) is 0 Å². The molecule has 1 aromatic carbocycles. The van der Waals surface area contributed by atoms with Crippen molar-refractivity contribution < 1.29 is 23.1 Å². The van der Waals surface area contributed by atoms with Crippen molar-refractivity contribution in [1.82, 2.24) is 24.2 Å². The van der Waals surface area contributed by atoms with Gasteiger partial charge in [0.1, 0.15) is 5.52 Å². The second kappa shape index (κ2) is 8.81. The van der Waals surface area contributed by atoms with Crippen molar-refractivity contribution in [2.75, 3.05) is 13.1 Å². The van der Waals surface area contributed by atoms with Gasteiger partial charge in [-0.25, -0.2) is 27.2 Å². The number of nitrogens with zero attached hydrogens (tertiary/aromatic N) is 4. The van der Waals surface area contributed by atoms with Crippen LogP contribution in [-0.4, -0.2) is 57.5 Å². The van der Waals surface area contributed by atoms with Gasteiger partial charge in [-0.1, -0.05) is 31.0 Å². The zero-order valence-electron chi connectivity index (χ0n) is 18.3. The SMILES string of the molecule is CC[C@@H]1CN(C(=O)O)C[C@@H]1C(=O)NCc1cnc2c(ccn2S(=O)(=O)c2ccc(C)cc2)n1. The summed E-state index contributed by atoms with van der Waals surface area (Å²) in [4.78, 5) is 34.0. The van der Waals surface area contributed by atoms with Crippen molar-refractivity contribution in [3.63, 3.8) is 0 Å². The van der Waals surface area contributed by atoms with Crippen LogP contribution < -0.4 is 5.32 Å². The Morgan fingerprint density at radius 3 is 2.58 bits per heavy atom. The third-order valence-electron chi connectivity index (χ3n) is 6.00. The smallest absolute Gasteiger partial charge is 0.407 e. The zero-order chi connectivity index (χ0) is 23.8. The van der Waals surface area contributed by atoms with Crippen LogP contribution in [0.15, 0.2) is 47.6 Å². The van der Waals surface area contributed by atoms with Gasteiger partial charge in [-0.15, -0.1) is 0 Å². The maximum atomic E-state index is 13.0. The first kappa shape index (κ1) is 22.7. The molecule has 10 nitrogen and oxygen atoms in total. The minimum Gasteiger partial charge on any atom is -0.465 e. The van der Waals surface area contributed by atoms with Crippen molar-refractivity contribution in [2.24, 2.45) is 11.8 Å². The van der Waals surface area contributed by atoms with E-state index in [0.717, 1.165) is 9.54 Å². The number of aryl methyl sites for hydroxylation is 1. The number of aromatic nitrogens is 3. The summed E-state index contributed by atoms with van der Waals surface area (Å²) >= 11 is 0. The van der Waals surface area contributed by atoms with E-state index in [1.165, 1.54) is 17.3 Å². The third-order valence-corrected chi connectivity index (χ3v) is 7.68. The molecule has 0 radical (unpaired) electrons. The van der Waals surface area contributed by atoms with E-state index in [2.05, 4.69) is 15.3 Å². The van der Waals surface area contributed by atoms with Crippen LogP contribution in [-0.2, 0) is 21.4 Å². The van der Waals surface area contributed by atoms with Crippen LogP contribution in [0.5, 0.6) is 0 Å². The molecule has 1 aliphatic rings. The molecule has 2 aromatic heterocycles. The summed E-state index contributed by atoms with van der Waals surface area (Å²) in [7, 11) is -3.82. The van der Waals surface area contributed by atoms with Gasteiger partial charge < -0.3 is 15.3 Å². The number of hydrogen-bond acceptors (Lipinski definition) is 6. The van der Waals surface area contributed by atoms with E-state index < -0.39 is 22.0 Å². The predicted molar refractivity (Wildman–Crippen MR) is 120 cm³/mol. The maximum Gasteiger partial charge on any atom is 0.407 e. The highest BCUT2D eigenvalue weighted by atomic mass is 32.2. The summed E-state index contributed by atoms with van der Waals surface area (Å²) in [5.41, 5.74) is 2.02. The van der Waals surface area contributed by atoms with Crippen molar-refractivity contribution in [2.45, 2.75) is 31.7 Å². The minimum atomic E-state index is -3.82. The average molecular weight is 472 g/mol. The Hall–Kier alpha value is -3.47. The minimum absolute atomic E-state index is 0.0318. The molecular weight excluding hydrogens is 446 g/mol. The van der Waals surface area contributed by atoms with Gasteiger partial charge in [-0.3, -0.25) is 4.79 Å². The third kappa shape index (κ3) is 4.40.